The summed E-state index contributed by atoms with van der Waals surface area (Å²) in [6, 6.07) is 15.1. The highest BCUT2D eigenvalue weighted by Gasteiger charge is 2.42. The molecule has 1 unspecified atom stereocenters. The average molecular weight is 513 g/mol. The molecule has 0 aliphatic carbocycles. The first-order valence-electron chi connectivity index (χ1n) is 11.1. The van der Waals surface area contributed by atoms with Gasteiger partial charge in [0.1, 0.15) is 17.6 Å². The van der Waals surface area contributed by atoms with Crippen molar-refractivity contribution < 1.29 is 31.9 Å². The first-order chi connectivity index (χ1) is 17.2. The zero-order valence-corrected chi connectivity index (χ0v) is 20.8. The van der Waals surface area contributed by atoms with Gasteiger partial charge in [-0.15, -0.1) is 0 Å². The normalized spacial score (nSPS) is 16.1. The molecule has 3 aromatic rings. The lowest BCUT2D eigenvalue weighted by molar-refractivity contribution is -0.144. The number of aryl methyl sites for hydroxylation is 1. The summed E-state index contributed by atoms with van der Waals surface area (Å²) in [7, 11) is -1.59. The second kappa shape index (κ2) is 10.1. The number of hydrogen-bond acceptors (Lipinski definition) is 6. The lowest BCUT2D eigenvalue weighted by Crippen LogP contribution is -2.50. The molecule has 0 spiro atoms. The van der Waals surface area contributed by atoms with Crippen molar-refractivity contribution in [3.8, 4) is 5.75 Å². The Morgan fingerprint density at radius 1 is 1.00 bits per heavy atom. The van der Waals surface area contributed by atoms with Gasteiger partial charge in [0, 0.05) is 17.8 Å². The Bertz CT molecular complexity index is 1410. The number of sulfonamides is 1. The van der Waals surface area contributed by atoms with Crippen molar-refractivity contribution in [2.24, 2.45) is 0 Å². The molecule has 0 saturated heterocycles. The van der Waals surface area contributed by atoms with E-state index < -0.39 is 33.8 Å². The van der Waals surface area contributed by atoms with Crippen LogP contribution in [0.1, 0.15) is 21.5 Å². The third-order valence-electron chi connectivity index (χ3n) is 6.13. The highest BCUT2D eigenvalue weighted by molar-refractivity contribution is 7.89. The Hall–Kier alpha value is -3.76. The maximum absolute atomic E-state index is 14.0. The average Bonchev–Trinajstić information content (AvgIpc) is 3.07. The molecule has 8 nitrogen and oxygen atoms in total. The number of carbonyl (C=O) groups is 2. The Kier molecular flexibility index (Phi) is 7.09. The van der Waals surface area contributed by atoms with Crippen LogP contribution in [0.4, 0.5) is 10.1 Å². The highest BCUT2D eigenvalue weighted by Crippen LogP contribution is 2.33. The maximum atomic E-state index is 14.0. The van der Waals surface area contributed by atoms with Gasteiger partial charge in [0.15, 0.2) is 0 Å². The van der Waals surface area contributed by atoms with E-state index in [4.69, 9.17) is 9.47 Å². The summed E-state index contributed by atoms with van der Waals surface area (Å²) in [5, 5.41) is 0. The number of rotatable bonds is 5. The summed E-state index contributed by atoms with van der Waals surface area (Å²) < 4.78 is 52.6. The van der Waals surface area contributed by atoms with Gasteiger partial charge in [0.05, 0.1) is 25.7 Å². The van der Waals surface area contributed by atoms with Crippen LogP contribution in [-0.4, -0.2) is 51.4 Å². The van der Waals surface area contributed by atoms with Crippen molar-refractivity contribution in [1.29, 1.82) is 0 Å². The lowest BCUT2D eigenvalue weighted by Gasteiger charge is -2.29. The number of nitrogens with zero attached hydrogens (tertiary/aromatic N) is 2. The number of esters is 1. The second-order valence-corrected chi connectivity index (χ2v) is 10.2. The largest absolute Gasteiger partial charge is 0.497 e. The van der Waals surface area contributed by atoms with Gasteiger partial charge in [-0.1, -0.05) is 24.3 Å². The molecule has 0 bridgehead atoms. The summed E-state index contributed by atoms with van der Waals surface area (Å²) >= 11 is 0. The molecule has 188 valence electrons. The molecule has 0 fully saturated rings. The predicted octanol–water partition coefficient (Wildman–Crippen LogP) is 3.54. The number of hydrogen-bond donors (Lipinski definition) is 0. The molecule has 1 heterocycles. The van der Waals surface area contributed by atoms with Gasteiger partial charge >= 0.3 is 5.97 Å². The predicted molar refractivity (Wildman–Crippen MR) is 131 cm³/mol. The van der Waals surface area contributed by atoms with Crippen LogP contribution >= 0.6 is 0 Å². The number of methoxy groups -OCH3 is 2. The third kappa shape index (κ3) is 4.69. The number of halogens is 1. The number of anilines is 1. The minimum atomic E-state index is -4.21. The van der Waals surface area contributed by atoms with Crippen molar-refractivity contribution in [2.45, 2.75) is 24.4 Å². The molecule has 1 amide bonds. The quantitative estimate of drug-likeness (QED) is 0.486. The van der Waals surface area contributed by atoms with Gasteiger partial charge in [-0.05, 0) is 60.5 Å². The number of ether oxygens (including phenoxy) is 2. The lowest BCUT2D eigenvalue weighted by atomic mass is 10.1. The second-order valence-electron chi connectivity index (χ2n) is 8.27. The molecule has 10 heteroatoms. The summed E-state index contributed by atoms with van der Waals surface area (Å²) in [4.78, 5) is 27.9. The first kappa shape index (κ1) is 25.3. The maximum Gasteiger partial charge on any atom is 0.326 e. The van der Waals surface area contributed by atoms with E-state index in [0.29, 0.717) is 22.6 Å². The Morgan fingerprint density at radius 2 is 1.69 bits per heavy atom. The zero-order chi connectivity index (χ0) is 26.0. The topological polar surface area (TPSA) is 93.2 Å². The van der Waals surface area contributed by atoms with Crippen molar-refractivity contribution in [3.05, 3.63) is 89.2 Å². The number of para-hydroxylation sites is 1. The molecular weight excluding hydrogens is 487 g/mol. The third-order valence-corrected chi connectivity index (χ3v) is 8.00. The number of carbonyl (C=O) groups excluding carboxylic acids is 2. The van der Waals surface area contributed by atoms with Crippen LogP contribution in [0.2, 0.25) is 0 Å². The van der Waals surface area contributed by atoms with E-state index in [2.05, 4.69) is 0 Å². The number of fused-ring (bicyclic) bond motifs is 1. The molecule has 1 aliphatic rings. The van der Waals surface area contributed by atoms with Gasteiger partial charge in [-0.3, -0.25) is 9.59 Å². The highest BCUT2D eigenvalue weighted by atomic mass is 32.2. The Balaban J connectivity index is 1.85. The summed E-state index contributed by atoms with van der Waals surface area (Å²) in [6.45, 7) is 1.17. The summed E-state index contributed by atoms with van der Waals surface area (Å²) in [5.41, 5.74) is 1.58. The van der Waals surface area contributed by atoms with Crippen LogP contribution in [0.5, 0.6) is 5.75 Å². The molecular formula is C26H25FN2O6S. The molecule has 0 N–H and O–H groups in total. The van der Waals surface area contributed by atoms with E-state index in [1.54, 1.807) is 31.2 Å². The van der Waals surface area contributed by atoms with E-state index in [1.807, 2.05) is 0 Å². The van der Waals surface area contributed by atoms with Gasteiger partial charge in [-0.25, -0.2) is 12.8 Å². The van der Waals surface area contributed by atoms with E-state index >= 15 is 0 Å². The van der Waals surface area contributed by atoms with Crippen molar-refractivity contribution >= 4 is 27.6 Å². The Morgan fingerprint density at radius 3 is 2.36 bits per heavy atom. The minimum absolute atomic E-state index is 0.0459. The van der Waals surface area contributed by atoms with E-state index in [9.17, 15) is 22.4 Å². The molecule has 0 saturated carbocycles. The van der Waals surface area contributed by atoms with Crippen LogP contribution in [0.15, 0.2) is 71.6 Å². The van der Waals surface area contributed by atoms with Crippen molar-refractivity contribution in [3.63, 3.8) is 0 Å². The molecule has 1 atom stereocenters. The SMILES string of the molecule is COC(=O)C1CN(C(=O)c2cc(F)ccc2C)c2ccccc2CN1S(=O)(=O)c1ccc(OC)cc1. The minimum Gasteiger partial charge on any atom is -0.497 e. The number of benzene rings is 3. The van der Waals surface area contributed by atoms with Crippen LogP contribution < -0.4 is 9.64 Å². The fourth-order valence-electron chi connectivity index (χ4n) is 4.17. The molecule has 3 aromatic carbocycles. The molecule has 0 radical (unpaired) electrons. The molecule has 4 rings (SSSR count). The van der Waals surface area contributed by atoms with E-state index in [0.717, 1.165) is 17.5 Å². The van der Waals surface area contributed by atoms with Gasteiger partial charge in [-0.2, -0.15) is 4.31 Å². The van der Waals surface area contributed by atoms with Crippen LogP contribution in [0.3, 0.4) is 0 Å². The van der Waals surface area contributed by atoms with E-state index in [1.165, 1.54) is 48.4 Å². The van der Waals surface area contributed by atoms with Gasteiger partial charge in [0.2, 0.25) is 10.0 Å². The fraction of sp³-hybridized carbons (Fsp3) is 0.231. The summed E-state index contributed by atoms with van der Waals surface area (Å²) in [5.74, 6) is -1.49. The van der Waals surface area contributed by atoms with Crippen molar-refractivity contribution in [2.75, 3.05) is 25.7 Å². The fourth-order valence-corrected chi connectivity index (χ4v) is 5.72. The van der Waals surface area contributed by atoms with Crippen LogP contribution in [0, 0.1) is 12.7 Å². The monoisotopic (exact) mass is 512 g/mol. The van der Waals surface area contributed by atoms with E-state index in [-0.39, 0.29) is 23.5 Å². The van der Waals surface area contributed by atoms with Gasteiger partial charge in [0.25, 0.3) is 5.91 Å². The van der Waals surface area contributed by atoms with Crippen LogP contribution in [0.25, 0.3) is 0 Å². The smallest absolute Gasteiger partial charge is 0.326 e. The molecule has 1 aliphatic heterocycles. The Labute approximate surface area is 208 Å². The van der Waals surface area contributed by atoms with Gasteiger partial charge < -0.3 is 14.4 Å². The standard InChI is InChI=1S/C26H25FN2O6S/c1-17-8-9-19(27)14-22(17)25(30)28-16-24(26(31)35-3)29(15-18-6-4-5-7-23(18)28)36(32,33)21-12-10-20(34-2)11-13-21/h4-14,24H,15-16H2,1-3H3. The zero-order valence-electron chi connectivity index (χ0n) is 20.0. The molecule has 36 heavy (non-hydrogen) atoms. The number of amides is 1. The van der Waals surface area contributed by atoms with Crippen molar-refractivity contribution in [1.82, 2.24) is 4.31 Å². The summed E-state index contributed by atoms with van der Waals surface area (Å²) in [6.07, 6.45) is 0. The first-order valence-corrected chi connectivity index (χ1v) is 12.5. The van der Waals surface area contributed by atoms with Crippen LogP contribution in [-0.2, 0) is 26.1 Å². The molecule has 0 aromatic heterocycles.